The SMILES string of the molecule is NC(=O)C1CCCN1C(=O)c1ccc(-c2ccc(OCC3CCN(CC(F)(F)C(F)(F)F)CC3)cn2)cc1F. The van der Waals surface area contributed by atoms with Gasteiger partial charge in [-0.05, 0) is 69.0 Å². The topological polar surface area (TPSA) is 88.8 Å². The molecule has 39 heavy (non-hydrogen) atoms. The van der Waals surface area contributed by atoms with E-state index in [2.05, 4.69) is 4.98 Å². The van der Waals surface area contributed by atoms with Crippen LogP contribution in [0.3, 0.4) is 0 Å². The van der Waals surface area contributed by atoms with Crippen molar-refractivity contribution in [1.82, 2.24) is 14.8 Å². The zero-order chi connectivity index (χ0) is 28.4. The Morgan fingerprint density at radius 2 is 1.74 bits per heavy atom. The van der Waals surface area contributed by atoms with Crippen LogP contribution in [-0.4, -0.2) is 77.5 Å². The molecule has 212 valence electrons. The lowest BCUT2D eigenvalue weighted by Gasteiger charge is -2.34. The van der Waals surface area contributed by atoms with Crippen molar-refractivity contribution in [3.8, 4) is 17.0 Å². The Morgan fingerprint density at radius 1 is 1.03 bits per heavy atom. The van der Waals surface area contributed by atoms with Crippen molar-refractivity contribution in [2.45, 2.75) is 43.8 Å². The molecule has 2 saturated heterocycles. The summed E-state index contributed by atoms with van der Waals surface area (Å²) in [5.41, 5.74) is 6.03. The van der Waals surface area contributed by atoms with Crippen molar-refractivity contribution in [2.24, 2.45) is 11.7 Å². The molecule has 2 N–H and O–H groups in total. The van der Waals surface area contributed by atoms with E-state index >= 15 is 0 Å². The molecule has 3 heterocycles. The number of nitrogens with zero attached hydrogens (tertiary/aromatic N) is 3. The van der Waals surface area contributed by atoms with E-state index in [4.69, 9.17) is 10.5 Å². The molecule has 2 fully saturated rings. The number of ether oxygens (including phenoxy) is 1. The fourth-order valence-corrected chi connectivity index (χ4v) is 4.84. The molecular weight excluding hydrogens is 530 g/mol. The minimum Gasteiger partial charge on any atom is -0.492 e. The number of alkyl halides is 5. The summed E-state index contributed by atoms with van der Waals surface area (Å²) in [6.45, 7) is -0.552. The Bertz CT molecular complexity index is 1180. The smallest absolute Gasteiger partial charge is 0.454 e. The molecule has 2 aromatic rings. The average molecular weight is 559 g/mol. The molecule has 0 bridgehead atoms. The first-order valence-corrected chi connectivity index (χ1v) is 12.5. The summed E-state index contributed by atoms with van der Waals surface area (Å²) in [6.07, 6.45) is -2.24. The van der Waals surface area contributed by atoms with Crippen LogP contribution in [0.15, 0.2) is 36.5 Å². The fourth-order valence-electron chi connectivity index (χ4n) is 4.84. The number of nitrogens with two attached hydrogens (primary N) is 1. The molecule has 4 rings (SSSR count). The highest BCUT2D eigenvalue weighted by atomic mass is 19.4. The number of hydrogen-bond acceptors (Lipinski definition) is 5. The molecule has 7 nitrogen and oxygen atoms in total. The summed E-state index contributed by atoms with van der Waals surface area (Å²) in [6, 6.07) is 6.55. The van der Waals surface area contributed by atoms with Gasteiger partial charge in [-0.1, -0.05) is 6.07 Å². The summed E-state index contributed by atoms with van der Waals surface area (Å²) >= 11 is 0. The second-order valence-electron chi connectivity index (χ2n) is 9.87. The van der Waals surface area contributed by atoms with E-state index in [0.717, 1.165) is 4.90 Å². The van der Waals surface area contributed by atoms with Gasteiger partial charge in [-0.2, -0.15) is 22.0 Å². The van der Waals surface area contributed by atoms with Gasteiger partial charge in [0.15, 0.2) is 0 Å². The number of aromatic nitrogens is 1. The van der Waals surface area contributed by atoms with Gasteiger partial charge in [0.05, 0.1) is 30.6 Å². The van der Waals surface area contributed by atoms with Crippen LogP contribution >= 0.6 is 0 Å². The maximum absolute atomic E-state index is 14.8. The number of piperidine rings is 1. The van der Waals surface area contributed by atoms with Gasteiger partial charge in [0.25, 0.3) is 5.91 Å². The second kappa shape index (κ2) is 11.4. The van der Waals surface area contributed by atoms with Crippen LogP contribution in [0, 0.1) is 11.7 Å². The quantitative estimate of drug-likeness (QED) is 0.489. The number of amides is 2. The molecule has 2 amide bonds. The lowest BCUT2D eigenvalue weighted by Crippen LogP contribution is -2.49. The number of hydrogen-bond donors (Lipinski definition) is 1. The standard InChI is InChI=1S/C26H28F6N4O3/c27-20-12-17(3-5-19(20)24(38)36-9-1-2-22(36)23(33)37)21-6-4-18(13-34-21)39-14-16-7-10-35(11-8-16)15-25(28,29)26(30,31)32/h3-6,12-13,16,22H,1-2,7-11,14-15H2,(H2,33,37). The molecule has 0 radical (unpaired) electrons. The van der Waals surface area contributed by atoms with Crippen LogP contribution < -0.4 is 10.5 Å². The van der Waals surface area contributed by atoms with Gasteiger partial charge in [-0.15, -0.1) is 0 Å². The van der Waals surface area contributed by atoms with Crippen molar-refractivity contribution in [2.75, 3.05) is 32.8 Å². The van der Waals surface area contributed by atoms with Crippen LogP contribution in [0.4, 0.5) is 26.3 Å². The molecular formula is C26H28F6N4O3. The number of carbonyl (C=O) groups is 2. The van der Waals surface area contributed by atoms with Crippen LogP contribution in [0.2, 0.25) is 0 Å². The lowest BCUT2D eigenvalue weighted by atomic mass is 9.97. The molecule has 1 aromatic heterocycles. The van der Waals surface area contributed by atoms with Crippen LogP contribution in [0.25, 0.3) is 11.3 Å². The minimum absolute atomic E-state index is 0.00983. The van der Waals surface area contributed by atoms with E-state index in [1.807, 2.05) is 0 Å². The summed E-state index contributed by atoms with van der Waals surface area (Å²) in [4.78, 5) is 31.0. The minimum atomic E-state index is -5.57. The lowest BCUT2D eigenvalue weighted by molar-refractivity contribution is -0.287. The highest BCUT2D eigenvalue weighted by Gasteiger charge is 2.58. The van der Waals surface area contributed by atoms with Gasteiger partial charge >= 0.3 is 12.1 Å². The highest BCUT2D eigenvalue weighted by molar-refractivity contribution is 5.98. The molecule has 0 aliphatic carbocycles. The number of primary amides is 1. The molecule has 2 aliphatic heterocycles. The first-order valence-electron chi connectivity index (χ1n) is 12.5. The molecule has 1 unspecified atom stereocenters. The predicted octanol–water partition coefficient (Wildman–Crippen LogP) is 4.27. The van der Waals surface area contributed by atoms with Crippen LogP contribution in [0.5, 0.6) is 5.75 Å². The van der Waals surface area contributed by atoms with E-state index < -0.39 is 42.3 Å². The summed E-state index contributed by atoms with van der Waals surface area (Å²) in [5, 5.41) is 0. The number of benzene rings is 1. The summed E-state index contributed by atoms with van der Waals surface area (Å²) in [5.74, 6) is -6.32. The van der Waals surface area contributed by atoms with Gasteiger partial charge in [-0.3, -0.25) is 19.5 Å². The Kier molecular flexibility index (Phi) is 8.38. The van der Waals surface area contributed by atoms with E-state index in [1.54, 1.807) is 18.2 Å². The second-order valence-corrected chi connectivity index (χ2v) is 9.87. The third kappa shape index (κ3) is 6.63. The van der Waals surface area contributed by atoms with Gasteiger partial charge in [-0.25, -0.2) is 4.39 Å². The van der Waals surface area contributed by atoms with Gasteiger partial charge in [0.2, 0.25) is 5.91 Å². The molecule has 1 atom stereocenters. The third-order valence-electron chi connectivity index (χ3n) is 7.10. The highest BCUT2D eigenvalue weighted by Crippen LogP contribution is 2.36. The van der Waals surface area contributed by atoms with Crippen LogP contribution in [0.1, 0.15) is 36.0 Å². The van der Waals surface area contributed by atoms with Crippen molar-refractivity contribution in [3.63, 3.8) is 0 Å². The Labute approximate surface area is 220 Å². The molecule has 0 spiro atoms. The zero-order valence-corrected chi connectivity index (χ0v) is 20.9. The summed E-state index contributed by atoms with van der Waals surface area (Å²) in [7, 11) is 0. The first kappa shape index (κ1) is 28.7. The van der Waals surface area contributed by atoms with E-state index in [1.165, 1.54) is 23.2 Å². The van der Waals surface area contributed by atoms with Gasteiger partial charge < -0.3 is 15.4 Å². The number of pyridine rings is 1. The third-order valence-corrected chi connectivity index (χ3v) is 7.10. The normalized spacial score (nSPS) is 19.3. The van der Waals surface area contributed by atoms with Crippen molar-refractivity contribution in [1.29, 1.82) is 0 Å². The molecule has 1 aromatic carbocycles. The Balaban J connectivity index is 1.29. The molecule has 13 heteroatoms. The van der Waals surface area contributed by atoms with Crippen LogP contribution in [-0.2, 0) is 4.79 Å². The molecule has 2 aliphatic rings. The number of rotatable bonds is 8. The average Bonchev–Trinajstić information content (AvgIpc) is 3.38. The van der Waals surface area contributed by atoms with Crippen molar-refractivity contribution >= 4 is 11.8 Å². The van der Waals surface area contributed by atoms with Crippen molar-refractivity contribution in [3.05, 3.63) is 47.9 Å². The first-order chi connectivity index (χ1) is 18.4. The Morgan fingerprint density at radius 3 is 2.33 bits per heavy atom. The maximum Gasteiger partial charge on any atom is 0.454 e. The number of likely N-dealkylation sites (tertiary alicyclic amines) is 2. The molecule has 0 saturated carbocycles. The monoisotopic (exact) mass is 558 g/mol. The maximum atomic E-state index is 14.8. The van der Waals surface area contributed by atoms with Gasteiger partial charge in [0, 0.05) is 12.1 Å². The van der Waals surface area contributed by atoms with E-state index in [9.17, 15) is 35.9 Å². The van der Waals surface area contributed by atoms with Crippen molar-refractivity contribution < 1.29 is 40.7 Å². The predicted molar refractivity (Wildman–Crippen MR) is 129 cm³/mol. The van der Waals surface area contributed by atoms with Gasteiger partial charge in [0.1, 0.15) is 17.6 Å². The van der Waals surface area contributed by atoms with E-state index in [-0.39, 0.29) is 31.2 Å². The fraction of sp³-hybridized carbons (Fsp3) is 0.500. The largest absolute Gasteiger partial charge is 0.492 e. The zero-order valence-electron chi connectivity index (χ0n) is 20.9. The van der Waals surface area contributed by atoms with E-state index in [0.29, 0.717) is 49.2 Å². The summed E-state index contributed by atoms with van der Waals surface area (Å²) < 4.78 is 84.4. The number of halogens is 6. The Hall–Kier alpha value is -3.35. The number of carbonyl (C=O) groups excluding carboxylic acids is 2.